The number of rotatable bonds is 40. The van der Waals surface area contributed by atoms with E-state index in [0.717, 1.165) is 64.2 Å². The number of unbranched alkanes of at least 4 members (excludes halogenated alkanes) is 22. The number of phosphoric ester groups is 1. The van der Waals surface area contributed by atoms with Crippen LogP contribution < -0.4 is 0 Å². The van der Waals surface area contributed by atoms with E-state index in [2.05, 4.69) is 42.7 Å². The van der Waals surface area contributed by atoms with E-state index in [1.165, 1.54) is 89.9 Å². The number of aliphatic hydroxyl groups is 2. The van der Waals surface area contributed by atoms with Crippen LogP contribution in [0.25, 0.3) is 0 Å². The second kappa shape index (κ2) is 38.7. The Hall–Kier alpha value is -1.55. The van der Waals surface area contributed by atoms with Gasteiger partial charge in [-0.1, -0.05) is 141 Å². The molecule has 0 radical (unpaired) electrons. The van der Waals surface area contributed by atoms with Crippen molar-refractivity contribution in [2.75, 3.05) is 26.4 Å². The Labute approximate surface area is 323 Å². The maximum atomic E-state index is 12.6. The molecule has 0 amide bonds. The second-order valence-corrected chi connectivity index (χ2v) is 15.8. The quantitative estimate of drug-likeness (QED) is 0.0238. The Morgan fingerprint density at radius 3 is 1.38 bits per heavy atom. The molecule has 0 aliphatic rings. The van der Waals surface area contributed by atoms with Crippen LogP contribution in [0.3, 0.4) is 0 Å². The molecule has 11 heteroatoms. The highest BCUT2D eigenvalue weighted by molar-refractivity contribution is 7.47. The van der Waals surface area contributed by atoms with Crippen LogP contribution in [0.15, 0.2) is 24.3 Å². The highest BCUT2D eigenvalue weighted by Gasteiger charge is 2.27. The van der Waals surface area contributed by atoms with Crippen LogP contribution in [-0.2, 0) is 32.7 Å². The third kappa shape index (κ3) is 38.5. The predicted molar refractivity (Wildman–Crippen MR) is 215 cm³/mol. The molecule has 0 saturated carbocycles. The van der Waals surface area contributed by atoms with Crippen molar-refractivity contribution in [3.05, 3.63) is 24.3 Å². The molecule has 3 N–H and O–H groups in total. The first kappa shape index (κ1) is 51.5. The van der Waals surface area contributed by atoms with Gasteiger partial charge >= 0.3 is 19.8 Å². The minimum absolute atomic E-state index is 0.179. The first-order chi connectivity index (χ1) is 25.7. The van der Waals surface area contributed by atoms with Crippen molar-refractivity contribution in [2.45, 2.75) is 206 Å². The van der Waals surface area contributed by atoms with Crippen molar-refractivity contribution in [3.8, 4) is 0 Å². The Balaban J connectivity index is 4.31. The van der Waals surface area contributed by atoms with Gasteiger partial charge < -0.3 is 24.6 Å². The molecule has 0 aliphatic carbocycles. The van der Waals surface area contributed by atoms with Crippen molar-refractivity contribution in [2.24, 2.45) is 0 Å². The van der Waals surface area contributed by atoms with Gasteiger partial charge in [-0.3, -0.25) is 18.6 Å². The molecule has 0 rings (SSSR count). The Bertz CT molecular complexity index is 941. The molecule has 1 unspecified atom stereocenters. The standard InChI is InChI=1S/C42H79O10P/c1-3-5-7-9-11-13-15-17-18-19-20-22-24-26-28-30-32-34-42(46)52-40(38-51-53(47,48)50-36-39(44)35-43)37-49-41(45)33-31-29-27-25-23-21-16-14-12-10-8-6-4-2/h14,16-18,39-40,43-44H,3-13,15,19-38H2,1-2H3,(H,47,48)/b16-14+,18-17+/t39-,40+/m0/s1. The number of allylic oxidation sites excluding steroid dienone is 4. The minimum Gasteiger partial charge on any atom is -0.462 e. The average Bonchev–Trinajstić information content (AvgIpc) is 3.14. The van der Waals surface area contributed by atoms with Crippen LogP contribution in [-0.4, -0.2) is 65.7 Å². The minimum atomic E-state index is -4.61. The van der Waals surface area contributed by atoms with Crippen molar-refractivity contribution in [1.29, 1.82) is 0 Å². The topological polar surface area (TPSA) is 149 Å². The van der Waals surface area contributed by atoms with E-state index in [0.29, 0.717) is 12.8 Å². The van der Waals surface area contributed by atoms with Gasteiger partial charge in [-0.25, -0.2) is 4.57 Å². The lowest BCUT2D eigenvalue weighted by atomic mass is 10.1. The van der Waals surface area contributed by atoms with Gasteiger partial charge in [-0.2, -0.15) is 0 Å². The van der Waals surface area contributed by atoms with Crippen LogP contribution in [0.5, 0.6) is 0 Å². The molecule has 0 bridgehead atoms. The first-order valence-corrected chi connectivity index (χ1v) is 22.8. The first-order valence-electron chi connectivity index (χ1n) is 21.3. The predicted octanol–water partition coefficient (Wildman–Crippen LogP) is 11.0. The van der Waals surface area contributed by atoms with Crippen molar-refractivity contribution < 1.29 is 47.8 Å². The molecule has 0 spiro atoms. The average molecular weight is 775 g/mol. The lowest BCUT2D eigenvalue weighted by molar-refractivity contribution is -0.161. The second-order valence-electron chi connectivity index (χ2n) is 14.4. The molecule has 0 saturated heterocycles. The maximum absolute atomic E-state index is 12.6. The van der Waals surface area contributed by atoms with E-state index in [-0.39, 0.29) is 19.4 Å². The smallest absolute Gasteiger partial charge is 0.462 e. The summed E-state index contributed by atoms with van der Waals surface area (Å²) in [5.74, 6) is -0.936. The van der Waals surface area contributed by atoms with Gasteiger partial charge in [0.05, 0.1) is 19.8 Å². The van der Waals surface area contributed by atoms with E-state index in [1.54, 1.807) is 0 Å². The third-order valence-electron chi connectivity index (χ3n) is 9.08. The summed E-state index contributed by atoms with van der Waals surface area (Å²) in [5, 5.41) is 18.3. The van der Waals surface area contributed by atoms with Crippen molar-refractivity contribution >= 4 is 19.8 Å². The fraction of sp³-hybridized carbons (Fsp3) is 0.857. The number of phosphoric acid groups is 1. The van der Waals surface area contributed by atoms with E-state index >= 15 is 0 Å². The third-order valence-corrected chi connectivity index (χ3v) is 10.0. The summed E-state index contributed by atoms with van der Waals surface area (Å²) in [4.78, 5) is 34.9. The van der Waals surface area contributed by atoms with Gasteiger partial charge in [0.15, 0.2) is 6.10 Å². The number of esters is 2. The van der Waals surface area contributed by atoms with E-state index < -0.39 is 51.8 Å². The van der Waals surface area contributed by atoms with Crippen LogP contribution in [0.4, 0.5) is 0 Å². The van der Waals surface area contributed by atoms with Gasteiger partial charge in [-0.05, 0) is 64.2 Å². The normalized spacial score (nSPS) is 14.1. The SMILES string of the molecule is CCCCCC/C=C/CCCCCCCC(=O)OC[C@H](COP(=O)(O)OC[C@@H](O)CO)OC(=O)CCCCCCCCC/C=C/CCCCCCCC. The molecular weight excluding hydrogens is 695 g/mol. The summed E-state index contributed by atoms with van der Waals surface area (Å²) >= 11 is 0. The molecule has 0 aromatic heterocycles. The Morgan fingerprint density at radius 2 is 0.925 bits per heavy atom. The van der Waals surface area contributed by atoms with Gasteiger partial charge in [0, 0.05) is 12.8 Å². The number of hydrogen-bond donors (Lipinski definition) is 3. The molecule has 3 atom stereocenters. The van der Waals surface area contributed by atoms with Crippen molar-refractivity contribution in [3.63, 3.8) is 0 Å². The fourth-order valence-corrected chi connectivity index (χ4v) is 6.54. The number of hydrogen-bond acceptors (Lipinski definition) is 9. The summed E-state index contributed by atoms with van der Waals surface area (Å²) in [7, 11) is -4.61. The molecule has 0 heterocycles. The summed E-state index contributed by atoms with van der Waals surface area (Å²) < 4.78 is 32.7. The highest BCUT2D eigenvalue weighted by Crippen LogP contribution is 2.43. The molecule has 0 aromatic carbocycles. The van der Waals surface area contributed by atoms with Crippen LogP contribution in [0, 0.1) is 0 Å². The van der Waals surface area contributed by atoms with Crippen LogP contribution >= 0.6 is 7.82 Å². The molecule has 0 fully saturated rings. The largest absolute Gasteiger partial charge is 0.472 e. The molecule has 53 heavy (non-hydrogen) atoms. The van der Waals surface area contributed by atoms with E-state index in [4.69, 9.17) is 19.1 Å². The lowest BCUT2D eigenvalue weighted by Gasteiger charge is -2.20. The summed E-state index contributed by atoms with van der Waals surface area (Å²) in [6.45, 7) is 2.35. The lowest BCUT2D eigenvalue weighted by Crippen LogP contribution is -2.29. The highest BCUT2D eigenvalue weighted by atomic mass is 31.2. The summed E-state index contributed by atoms with van der Waals surface area (Å²) in [5.41, 5.74) is 0. The monoisotopic (exact) mass is 775 g/mol. The van der Waals surface area contributed by atoms with Gasteiger partial charge in [-0.15, -0.1) is 0 Å². The molecular formula is C42H79O10P. The van der Waals surface area contributed by atoms with Crippen LogP contribution in [0.1, 0.15) is 194 Å². The molecule has 312 valence electrons. The Kier molecular flexibility index (Phi) is 37.6. The number of ether oxygens (including phenoxy) is 2. The molecule has 10 nitrogen and oxygen atoms in total. The van der Waals surface area contributed by atoms with Crippen LogP contribution in [0.2, 0.25) is 0 Å². The van der Waals surface area contributed by atoms with Crippen molar-refractivity contribution in [1.82, 2.24) is 0 Å². The van der Waals surface area contributed by atoms with Gasteiger partial charge in [0.25, 0.3) is 0 Å². The number of carbonyl (C=O) groups excluding carboxylic acids is 2. The van der Waals surface area contributed by atoms with Gasteiger partial charge in [0.2, 0.25) is 0 Å². The number of carbonyl (C=O) groups is 2. The molecule has 0 aliphatic heterocycles. The zero-order valence-corrected chi connectivity index (χ0v) is 34.6. The Morgan fingerprint density at radius 1 is 0.547 bits per heavy atom. The zero-order chi connectivity index (χ0) is 39.1. The zero-order valence-electron chi connectivity index (χ0n) is 33.7. The molecule has 0 aromatic rings. The number of aliphatic hydroxyl groups excluding tert-OH is 2. The maximum Gasteiger partial charge on any atom is 0.472 e. The summed E-state index contributed by atoms with van der Waals surface area (Å²) in [6.07, 6.45) is 37.1. The van der Waals surface area contributed by atoms with E-state index in [1.807, 2.05) is 0 Å². The van der Waals surface area contributed by atoms with E-state index in [9.17, 15) is 24.2 Å². The van der Waals surface area contributed by atoms with Gasteiger partial charge in [0.1, 0.15) is 12.7 Å². The fourth-order valence-electron chi connectivity index (χ4n) is 5.75. The summed E-state index contributed by atoms with van der Waals surface area (Å²) in [6, 6.07) is 0.